The predicted molar refractivity (Wildman–Crippen MR) is 142 cm³/mol. The van der Waals surface area contributed by atoms with Crippen molar-refractivity contribution in [2.75, 3.05) is 20.2 Å². The van der Waals surface area contributed by atoms with Crippen LogP contribution in [-0.2, 0) is 9.53 Å². The summed E-state index contributed by atoms with van der Waals surface area (Å²) in [7, 11) is 1.50. The minimum Gasteiger partial charge on any atom is -0.469 e. The van der Waals surface area contributed by atoms with Crippen molar-refractivity contribution in [3.05, 3.63) is 0 Å². The molecule has 4 rings (SSSR count). The number of hydrogen-bond acceptors (Lipinski definition) is 5. The van der Waals surface area contributed by atoms with Crippen molar-refractivity contribution in [3.63, 3.8) is 0 Å². The van der Waals surface area contributed by atoms with Crippen molar-refractivity contribution < 1.29 is 14.6 Å². The summed E-state index contributed by atoms with van der Waals surface area (Å²) in [6, 6.07) is 1.08. The molecule has 0 spiro atoms. The summed E-state index contributed by atoms with van der Waals surface area (Å²) < 4.78 is 4.91. The van der Waals surface area contributed by atoms with Crippen LogP contribution in [-0.4, -0.2) is 49.5 Å². The number of hydrogen-bond donors (Lipinski definition) is 3. The van der Waals surface area contributed by atoms with Gasteiger partial charge in [-0.3, -0.25) is 4.79 Å². The number of nitrogens with one attached hydrogen (secondary N) is 2. The van der Waals surface area contributed by atoms with Crippen molar-refractivity contribution in [1.29, 1.82) is 0 Å². The maximum atomic E-state index is 11.8. The van der Waals surface area contributed by atoms with Gasteiger partial charge in [-0.25, -0.2) is 0 Å². The van der Waals surface area contributed by atoms with Gasteiger partial charge in [0.2, 0.25) is 0 Å². The van der Waals surface area contributed by atoms with E-state index in [-0.39, 0.29) is 17.5 Å². The van der Waals surface area contributed by atoms with Gasteiger partial charge in [-0.15, -0.1) is 0 Å². The highest BCUT2D eigenvalue weighted by Gasteiger charge is 2.62. The lowest BCUT2D eigenvalue weighted by atomic mass is 9.43. The van der Waals surface area contributed by atoms with Gasteiger partial charge in [-0.2, -0.15) is 0 Å². The molecule has 0 heterocycles. The summed E-state index contributed by atoms with van der Waals surface area (Å²) in [6.07, 6.45) is 11.2. The number of fused-ring (bicyclic) bond motifs is 5. The molecule has 5 heteroatoms. The number of ether oxygens (including phenoxy) is 1. The number of esters is 1. The molecule has 4 fully saturated rings. The first-order valence-corrected chi connectivity index (χ1v) is 14.8. The Labute approximate surface area is 214 Å². The molecule has 0 aromatic carbocycles. The second-order valence-corrected chi connectivity index (χ2v) is 13.6. The quantitative estimate of drug-likeness (QED) is 0.308. The number of carbonyl (C=O) groups excluding carboxylic acids is 1. The molecule has 0 aliphatic heterocycles. The first-order chi connectivity index (χ1) is 16.6. The Bertz CT molecular complexity index is 728. The standard InChI is InChI=1S/C30H54N2O3/c1-19(2)31-15-16-32-21-11-13-30(5)25-12-14-29(4)23(20(3)7-10-28(34)35-6)8-9-24(29)22(25)18-27(33)26(30)17-21/h19-27,31-33H,7-18H2,1-6H3/t20-,21-,22?,23-,24?,25?,26?,27+,29-,30-/m1/s1. The highest BCUT2D eigenvalue weighted by Crippen LogP contribution is 2.68. The van der Waals surface area contributed by atoms with Gasteiger partial charge in [-0.05, 0) is 104 Å². The zero-order chi connectivity index (χ0) is 25.4. The fourth-order valence-electron chi connectivity index (χ4n) is 9.75. The summed E-state index contributed by atoms with van der Waals surface area (Å²) in [5.74, 6) is 3.79. The van der Waals surface area contributed by atoms with E-state index in [2.05, 4.69) is 45.3 Å². The van der Waals surface area contributed by atoms with Gasteiger partial charge < -0.3 is 20.5 Å². The molecule has 4 aliphatic rings. The Hall–Kier alpha value is -0.650. The fourth-order valence-corrected chi connectivity index (χ4v) is 9.75. The minimum absolute atomic E-state index is 0.0732. The minimum atomic E-state index is -0.155. The second kappa shape index (κ2) is 11.0. The van der Waals surface area contributed by atoms with E-state index in [4.69, 9.17) is 4.74 Å². The average Bonchev–Trinajstić information content (AvgIpc) is 3.18. The van der Waals surface area contributed by atoms with Crippen molar-refractivity contribution in [1.82, 2.24) is 10.6 Å². The van der Waals surface area contributed by atoms with Gasteiger partial charge in [0.15, 0.2) is 0 Å². The summed E-state index contributed by atoms with van der Waals surface area (Å²) in [6.45, 7) is 13.9. The van der Waals surface area contributed by atoms with Crippen LogP contribution in [0.4, 0.5) is 0 Å². The Morgan fingerprint density at radius 2 is 1.69 bits per heavy atom. The molecule has 4 aliphatic carbocycles. The molecule has 0 radical (unpaired) electrons. The SMILES string of the molecule is COC(=O)CC[C@@H](C)[C@H]1CCC2C3C[C@H](O)C4C[C@H](NCCNC(C)C)CC[C@]4(C)C3CC[C@@]21C. The normalized spacial score (nSPS) is 43.8. The van der Waals surface area contributed by atoms with Crippen LogP contribution in [0.3, 0.4) is 0 Å². The van der Waals surface area contributed by atoms with Crippen LogP contribution in [0.2, 0.25) is 0 Å². The predicted octanol–water partition coefficient (Wildman–Crippen LogP) is 5.16. The van der Waals surface area contributed by atoms with Crippen LogP contribution in [0.1, 0.15) is 98.8 Å². The Morgan fingerprint density at radius 3 is 2.40 bits per heavy atom. The van der Waals surface area contributed by atoms with Crippen LogP contribution in [0.5, 0.6) is 0 Å². The molecular formula is C30H54N2O3. The maximum absolute atomic E-state index is 11.8. The van der Waals surface area contributed by atoms with Gasteiger partial charge in [0, 0.05) is 31.6 Å². The molecular weight excluding hydrogens is 436 g/mol. The van der Waals surface area contributed by atoms with Crippen LogP contribution >= 0.6 is 0 Å². The summed E-state index contributed by atoms with van der Waals surface area (Å²) in [4.78, 5) is 11.8. The van der Waals surface area contributed by atoms with Crippen LogP contribution < -0.4 is 10.6 Å². The fraction of sp³-hybridized carbons (Fsp3) is 0.967. The first kappa shape index (κ1) is 27.4. The third-order valence-electron chi connectivity index (χ3n) is 11.6. The van der Waals surface area contributed by atoms with Crippen molar-refractivity contribution in [2.45, 2.75) is 117 Å². The van der Waals surface area contributed by atoms with Crippen LogP contribution in [0.15, 0.2) is 0 Å². The van der Waals surface area contributed by atoms with Gasteiger partial charge >= 0.3 is 5.97 Å². The Kier molecular flexibility index (Phi) is 8.60. The van der Waals surface area contributed by atoms with Gasteiger partial charge in [-0.1, -0.05) is 34.6 Å². The third-order valence-corrected chi connectivity index (χ3v) is 11.6. The highest BCUT2D eigenvalue weighted by atomic mass is 16.5. The topological polar surface area (TPSA) is 70.6 Å². The Balaban J connectivity index is 1.40. The summed E-state index contributed by atoms with van der Waals surface area (Å²) in [5, 5.41) is 18.8. The zero-order valence-corrected chi connectivity index (χ0v) is 23.4. The third kappa shape index (κ3) is 5.34. The average molecular weight is 491 g/mol. The molecule has 5 nitrogen and oxygen atoms in total. The largest absolute Gasteiger partial charge is 0.469 e. The van der Waals surface area contributed by atoms with Gasteiger partial charge in [0.1, 0.15) is 0 Å². The maximum Gasteiger partial charge on any atom is 0.305 e. The number of rotatable bonds is 9. The summed E-state index contributed by atoms with van der Waals surface area (Å²) in [5.41, 5.74) is 0.647. The lowest BCUT2D eigenvalue weighted by molar-refractivity contribution is -0.162. The number of methoxy groups -OCH3 is 1. The van der Waals surface area contributed by atoms with Crippen LogP contribution in [0.25, 0.3) is 0 Å². The molecule has 35 heavy (non-hydrogen) atoms. The van der Waals surface area contributed by atoms with E-state index in [9.17, 15) is 9.90 Å². The molecule has 202 valence electrons. The molecule has 4 unspecified atom stereocenters. The molecule has 4 saturated carbocycles. The van der Waals surface area contributed by atoms with E-state index in [1.807, 2.05) is 0 Å². The van der Waals surface area contributed by atoms with E-state index in [0.717, 1.165) is 44.2 Å². The molecule has 3 N–H and O–H groups in total. The number of aliphatic hydroxyl groups is 1. The van der Waals surface area contributed by atoms with Gasteiger partial charge in [0.25, 0.3) is 0 Å². The number of carbonyl (C=O) groups is 1. The lowest BCUT2D eigenvalue weighted by Crippen LogP contribution is -2.59. The molecule has 0 aromatic rings. The van der Waals surface area contributed by atoms with Gasteiger partial charge in [0.05, 0.1) is 13.2 Å². The second-order valence-electron chi connectivity index (χ2n) is 13.6. The molecule has 0 bridgehead atoms. The lowest BCUT2D eigenvalue weighted by Gasteiger charge is -2.62. The Morgan fingerprint density at radius 1 is 0.971 bits per heavy atom. The van der Waals surface area contributed by atoms with E-state index < -0.39 is 0 Å². The number of aliphatic hydroxyl groups excluding tert-OH is 1. The zero-order valence-electron chi connectivity index (χ0n) is 23.4. The van der Waals surface area contributed by atoms with E-state index in [1.165, 1.54) is 45.6 Å². The molecule has 0 saturated heterocycles. The molecule has 0 amide bonds. The summed E-state index contributed by atoms with van der Waals surface area (Å²) >= 11 is 0. The van der Waals surface area contributed by atoms with E-state index in [0.29, 0.717) is 47.6 Å². The monoisotopic (exact) mass is 490 g/mol. The highest BCUT2D eigenvalue weighted by molar-refractivity contribution is 5.69. The first-order valence-electron chi connectivity index (χ1n) is 14.8. The molecule has 10 atom stereocenters. The molecule has 0 aromatic heterocycles. The van der Waals surface area contributed by atoms with Crippen LogP contribution in [0, 0.1) is 46.3 Å². The van der Waals surface area contributed by atoms with Crippen molar-refractivity contribution in [2.24, 2.45) is 46.3 Å². The smallest absolute Gasteiger partial charge is 0.305 e. The van der Waals surface area contributed by atoms with Crippen molar-refractivity contribution >= 4 is 5.97 Å². The van der Waals surface area contributed by atoms with E-state index >= 15 is 0 Å². The van der Waals surface area contributed by atoms with Crippen molar-refractivity contribution in [3.8, 4) is 0 Å². The van der Waals surface area contributed by atoms with E-state index in [1.54, 1.807) is 0 Å².